The Kier molecular flexibility index (Phi) is 6.21. The van der Waals surface area contributed by atoms with Gasteiger partial charge in [-0.05, 0) is 34.6 Å². The molecule has 0 bridgehead atoms. The number of hydrogen-bond acceptors (Lipinski definition) is 3. The zero-order valence-corrected chi connectivity index (χ0v) is 14.1. The summed E-state index contributed by atoms with van der Waals surface area (Å²) in [6.07, 6.45) is -5.06. The fraction of sp³-hybridized carbons (Fsp3) is 0.733. The molecule has 8 heteroatoms. The van der Waals surface area contributed by atoms with E-state index < -0.39 is 18.8 Å². The molecule has 0 saturated carbocycles. The van der Waals surface area contributed by atoms with Crippen molar-refractivity contribution in [2.75, 3.05) is 6.54 Å². The molecule has 0 fully saturated rings. The lowest BCUT2D eigenvalue weighted by Crippen LogP contribution is -2.42. The van der Waals surface area contributed by atoms with Gasteiger partial charge in [0, 0.05) is 23.8 Å². The molecule has 0 aliphatic carbocycles. The number of carbonyl (C=O) groups is 1. The van der Waals surface area contributed by atoms with Crippen molar-refractivity contribution < 1.29 is 23.1 Å². The van der Waals surface area contributed by atoms with Crippen LogP contribution in [0.5, 0.6) is 0 Å². The van der Waals surface area contributed by atoms with Gasteiger partial charge in [-0.25, -0.2) is 0 Å². The van der Waals surface area contributed by atoms with E-state index >= 15 is 0 Å². The van der Waals surface area contributed by atoms with E-state index in [4.69, 9.17) is 0 Å². The molecule has 5 nitrogen and oxygen atoms in total. The number of hydrogen-bond donors (Lipinski definition) is 1. The van der Waals surface area contributed by atoms with Crippen LogP contribution in [0.15, 0.2) is 0 Å². The Morgan fingerprint density at radius 3 is 2.30 bits per heavy atom. The third kappa shape index (κ3) is 5.53. The van der Waals surface area contributed by atoms with Gasteiger partial charge in [0.15, 0.2) is 0 Å². The molecule has 0 saturated heterocycles. The summed E-state index contributed by atoms with van der Waals surface area (Å²) < 4.78 is 38.5. The number of aliphatic hydroxyl groups is 1. The molecule has 1 amide bonds. The van der Waals surface area contributed by atoms with Crippen LogP contribution in [-0.4, -0.2) is 50.6 Å². The second-order valence-corrected chi connectivity index (χ2v) is 6.09. The van der Waals surface area contributed by atoms with Gasteiger partial charge in [0.1, 0.15) is 6.54 Å². The van der Waals surface area contributed by atoms with Gasteiger partial charge in [0.25, 0.3) is 0 Å². The van der Waals surface area contributed by atoms with Crippen molar-refractivity contribution in [1.82, 2.24) is 14.7 Å². The number of halogens is 3. The van der Waals surface area contributed by atoms with E-state index in [0.29, 0.717) is 17.0 Å². The maximum atomic E-state index is 12.5. The lowest BCUT2D eigenvalue weighted by atomic mass is 10.1. The summed E-state index contributed by atoms with van der Waals surface area (Å²) in [5.41, 5.74) is 1.27. The van der Waals surface area contributed by atoms with Crippen LogP contribution in [0.2, 0.25) is 0 Å². The number of aliphatic hydroxyl groups excluding tert-OH is 1. The Labute approximate surface area is 134 Å². The Bertz CT molecular complexity index is 551. The minimum atomic E-state index is -4.36. The van der Waals surface area contributed by atoms with E-state index in [2.05, 4.69) is 5.10 Å². The molecule has 1 unspecified atom stereocenters. The first kappa shape index (κ1) is 19.5. The molecule has 1 N–H and O–H groups in total. The average molecular weight is 335 g/mol. The average Bonchev–Trinajstić information content (AvgIpc) is 2.61. The van der Waals surface area contributed by atoms with Crippen molar-refractivity contribution in [3.8, 4) is 0 Å². The molecule has 23 heavy (non-hydrogen) atoms. The second kappa shape index (κ2) is 7.33. The van der Waals surface area contributed by atoms with E-state index in [-0.39, 0.29) is 24.9 Å². The smallest absolute Gasteiger partial charge is 0.392 e. The minimum absolute atomic E-state index is 0.0274. The molecule has 1 heterocycles. The van der Waals surface area contributed by atoms with Gasteiger partial charge in [0.05, 0.1) is 18.2 Å². The van der Waals surface area contributed by atoms with Crippen molar-refractivity contribution in [2.45, 2.75) is 65.9 Å². The van der Waals surface area contributed by atoms with Gasteiger partial charge in [-0.3, -0.25) is 9.48 Å². The van der Waals surface area contributed by atoms with Crippen molar-refractivity contribution >= 4 is 5.91 Å². The molecular weight excluding hydrogens is 311 g/mol. The highest BCUT2D eigenvalue weighted by atomic mass is 19.4. The lowest BCUT2D eigenvalue weighted by molar-refractivity contribution is -0.143. The predicted molar refractivity (Wildman–Crippen MR) is 80.0 cm³/mol. The van der Waals surface area contributed by atoms with Crippen LogP contribution in [0.4, 0.5) is 13.2 Å². The van der Waals surface area contributed by atoms with E-state index in [1.807, 2.05) is 13.8 Å². The third-order valence-corrected chi connectivity index (χ3v) is 3.59. The number of rotatable bonds is 6. The maximum Gasteiger partial charge on any atom is 0.408 e. The maximum absolute atomic E-state index is 12.5. The third-order valence-electron chi connectivity index (χ3n) is 3.59. The second-order valence-electron chi connectivity index (χ2n) is 6.09. The first-order valence-electron chi connectivity index (χ1n) is 7.49. The fourth-order valence-electron chi connectivity index (χ4n) is 2.45. The topological polar surface area (TPSA) is 58.4 Å². The highest BCUT2D eigenvalue weighted by Crippen LogP contribution is 2.22. The summed E-state index contributed by atoms with van der Waals surface area (Å²) in [5.74, 6) is -0.237. The monoisotopic (exact) mass is 335 g/mol. The quantitative estimate of drug-likeness (QED) is 0.867. The molecule has 0 spiro atoms. The molecular formula is C15H24F3N3O2. The Morgan fingerprint density at radius 1 is 1.30 bits per heavy atom. The molecule has 1 atom stereocenters. The Hall–Kier alpha value is -1.57. The van der Waals surface area contributed by atoms with E-state index in [1.165, 1.54) is 11.8 Å². The molecule has 1 aromatic heterocycles. The Balaban J connectivity index is 2.97. The van der Waals surface area contributed by atoms with Gasteiger partial charge in [-0.1, -0.05) is 0 Å². The zero-order valence-electron chi connectivity index (χ0n) is 14.1. The number of aryl methyl sites for hydroxylation is 1. The summed E-state index contributed by atoms with van der Waals surface area (Å²) in [5, 5.41) is 13.4. The van der Waals surface area contributed by atoms with Crippen LogP contribution in [-0.2, 0) is 17.8 Å². The highest BCUT2D eigenvalue weighted by molar-refractivity contribution is 5.79. The molecule has 0 radical (unpaired) electrons. The standard InChI is InChI=1S/C15H24F3N3O2/c1-9(2)20(7-10(3)22)14(23)6-13-11(4)19-21(12(13)5)8-15(16,17)18/h9-10,22H,6-8H2,1-5H3. The van der Waals surface area contributed by atoms with Gasteiger partial charge < -0.3 is 10.0 Å². The van der Waals surface area contributed by atoms with Crippen LogP contribution in [0.25, 0.3) is 0 Å². The summed E-state index contributed by atoms with van der Waals surface area (Å²) in [7, 11) is 0. The molecule has 0 aromatic carbocycles. The van der Waals surface area contributed by atoms with Crippen LogP contribution >= 0.6 is 0 Å². The van der Waals surface area contributed by atoms with Gasteiger partial charge in [-0.2, -0.15) is 18.3 Å². The largest absolute Gasteiger partial charge is 0.408 e. The van der Waals surface area contributed by atoms with Crippen LogP contribution < -0.4 is 0 Å². The molecule has 1 aromatic rings. The first-order valence-corrected chi connectivity index (χ1v) is 7.49. The van der Waals surface area contributed by atoms with Crippen molar-refractivity contribution in [2.24, 2.45) is 0 Å². The predicted octanol–water partition coefficient (Wildman–Crippen LogP) is 2.22. The van der Waals surface area contributed by atoms with Crippen molar-refractivity contribution in [3.63, 3.8) is 0 Å². The number of amides is 1. The number of nitrogens with zero attached hydrogens (tertiary/aromatic N) is 3. The van der Waals surface area contributed by atoms with Crippen molar-refractivity contribution in [3.05, 3.63) is 17.0 Å². The molecule has 0 aliphatic heterocycles. The van der Waals surface area contributed by atoms with Gasteiger partial charge in [0.2, 0.25) is 5.91 Å². The SMILES string of the molecule is Cc1nn(CC(F)(F)F)c(C)c1CC(=O)N(CC(C)O)C(C)C. The van der Waals surface area contributed by atoms with Crippen LogP contribution in [0, 0.1) is 13.8 Å². The van der Waals surface area contributed by atoms with Crippen molar-refractivity contribution in [1.29, 1.82) is 0 Å². The fourth-order valence-corrected chi connectivity index (χ4v) is 2.45. The summed E-state index contributed by atoms with van der Waals surface area (Å²) in [4.78, 5) is 14.0. The summed E-state index contributed by atoms with van der Waals surface area (Å²) >= 11 is 0. The first-order chi connectivity index (χ1) is 10.4. The molecule has 0 aliphatic rings. The number of alkyl halides is 3. The highest BCUT2D eigenvalue weighted by Gasteiger charge is 2.30. The Morgan fingerprint density at radius 2 is 1.87 bits per heavy atom. The van der Waals surface area contributed by atoms with E-state index in [9.17, 15) is 23.1 Å². The zero-order chi connectivity index (χ0) is 17.9. The van der Waals surface area contributed by atoms with E-state index in [0.717, 1.165) is 4.68 Å². The number of carbonyl (C=O) groups excluding carboxylic acids is 1. The van der Waals surface area contributed by atoms with Crippen LogP contribution in [0.3, 0.4) is 0 Å². The molecule has 1 rings (SSSR count). The summed E-state index contributed by atoms with van der Waals surface area (Å²) in [6.45, 7) is 7.38. The van der Waals surface area contributed by atoms with E-state index in [1.54, 1.807) is 13.8 Å². The molecule has 132 valence electrons. The lowest BCUT2D eigenvalue weighted by Gasteiger charge is -2.28. The summed E-state index contributed by atoms with van der Waals surface area (Å²) in [6, 6.07) is -0.108. The van der Waals surface area contributed by atoms with Crippen LogP contribution in [0.1, 0.15) is 37.7 Å². The van der Waals surface area contributed by atoms with Gasteiger partial charge in [-0.15, -0.1) is 0 Å². The minimum Gasteiger partial charge on any atom is -0.392 e. The number of aromatic nitrogens is 2. The normalized spacial score (nSPS) is 13.5. The van der Waals surface area contributed by atoms with Gasteiger partial charge >= 0.3 is 6.18 Å².